The normalized spacial score (nSPS) is 17.8. The number of nitrogens with two attached hydrogens (primary N) is 1. The van der Waals surface area contributed by atoms with Gasteiger partial charge >= 0.3 is 0 Å². The fourth-order valence-electron chi connectivity index (χ4n) is 2.76. The Morgan fingerprint density at radius 2 is 2.05 bits per heavy atom. The zero-order chi connectivity index (χ0) is 14.7. The van der Waals surface area contributed by atoms with Crippen molar-refractivity contribution >= 4 is 17.7 Å². The van der Waals surface area contributed by atoms with Crippen molar-refractivity contribution in [2.24, 2.45) is 5.73 Å². The number of primary amides is 1. The first-order chi connectivity index (χ1) is 9.52. The summed E-state index contributed by atoms with van der Waals surface area (Å²) >= 11 is 1.64. The van der Waals surface area contributed by atoms with Gasteiger partial charge in [0.25, 0.3) is 0 Å². The molecule has 0 bridgehead atoms. The molecule has 0 spiro atoms. The van der Waals surface area contributed by atoms with Crippen LogP contribution in [-0.2, 0) is 4.79 Å². The zero-order valence-electron chi connectivity index (χ0n) is 12.4. The quantitative estimate of drug-likeness (QED) is 0.828. The third-order valence-corrected chi connectivity index (χ3v) is 4.37. The molecule has 7 heteroatoms. The molecule has 2 heterocycles. The Balaban J connectivity index is 2.07. The highest BCUT2D eigenvalue weighted by Gasteiger charge is 2.27. The van der Waals surface area contributed by atoms with Crippen molar-refractivity contribution in [3.63, 3.8) is 0 Å². The topological polar surface area (TPSA) is 77.0 Å². The molecule has 0 unspecified atom stereocenters. The number of likely N-dealkylation sites (tertiary alicyclic amines) is 1. The van der Waals surface area contributed by atoms with Crippen LogP contribution >= 0.6 is 11.8 Å². The molecule has 20 heavy (non-hydrogen) atoms. The summed E-state index contributed by atoms with van der Waals surface area (Å²) in [5, 5.41) is 9.67. The molecule has 1 fully saturated rings. The minimum Gasteiger partial charge on any atom is -0.369 e. The van der Waals surface area contributed by atoms with Crippen LogP contribution in [0.1, 0.15) is 44.5 Å². The van der Waals surface area contributed by atoms with Crippen molar-refractivity contribution < 1.29 is 4.79 Å². The molecule has 112 valence electrons. The van der Waals surface area contributed by atoms with Crippen LogP contribution in [0.3, 0.4) is 0 Å². The molecule has 6 nitrogen and oxygen atoms in total. The summed E-state index contributed by atoms with van der Waals surface area (Å²) in [7, 11) is 0. The van der Waals surface area contributed by atoms with Crippen LogP contribution in [0.2, 0.25) is 0 Å². The Labute approximate surface area is 124 Å². The van der Waals surface area contributed by atoms with E-state index in [1.54, 1.807) is 11.8 Å². The molecule has 2 rings (SSSR count). The molecule has 0 saturated carbocycles. The molecule has 1 aromatic heterocycles. The number of aromatic nitrogens is 3. The maximum absolute atomic E-state index is 11.0. The smallest absolute Gasteiger partial charge is 0.231 e. The molecule has 1 aromatic rings. The van der Waals surface area contributed by atoms with Crippen molar-refractivity contribution in [1.82, 2.24) is 19.7 Å². The number of carbonyl (C=O) groups is 1. The summed E-state index contributed by atoms with van der Waals surface area (Å²) in [6.07, 6.45) is 4.04. The molecule has 1 saturated heterocycles. The molecule has 0 atom stereocenters. The third kappa shape index (κ3) is 3.32. The van der Waals surface area contributed by atoms with Gasteiger partial charge in [0, 0.05) is 12.0 Å². The number of piperidine rings is 1. The summed E-state index contributed by atoms with van der Waals surface area (Å²) in [5.41, 5.74) is 5.24. The van der Waals surface area contributed by atoms with E-state index in [9.17, 15) is 4.79 Å². The number of hydrogen-bond donors (Lipinski definition) is 1. The lowest BCUT2D eigenvalue weighted by Gasteiger charge is -2.31. The first-order valence-electron chi connectivity index (χ1n) is 7.02. The molecule has 1 aliphatic heterocycles. The number of nitrogens with zero attached hydrogens (tertiary/aromatic N) is 4. The Morgan fingerprint density at radius 1 is 1.40 bits per heavy atom. The molecule has 0 aliphatic carbocycles. The second-order valence-electron chi connectivity index (χ2n) is 5.53. The van der Waals surface area contributed by atoms with Gasteiger partial charge in [-0.1, -0.05) is 11.8 Å². The molecule has 0 aromatic carbocycles. The van der Waals surface area contributed by atoms with E-state index in [0.717, 1.165) is 36.9 Å². The van der Waals surface area contributed by atoms with Crippen LogP contribution in [0.4, 0.5) is 0 Å². The first kappa shape index (κ1) is 15.3. The van der Waals surface area contributed by atoms with Crippen molar-refractivity contribution in [3.05, 3.63) is 5.82 Å². The number of thioether (sulfide) groups is 1. The average Bonchev–Trinajstić information content (AvgIpc) is 2.82. The fraction of sp³-hybridized carbons (Fsp3) is 0.769. The maximum atomic E-state index is 11.0. The molecule has 2 N–H and O–H groups in total. The highest BCUT2D eigenvalue weighted by Crippen LogP contribution is 2.30. The van der Waals surface area contributed by atoms with E-state index in [4.69, 9.17) is 5.73 Å². The molecular formula is C13H23N5OS. The Hall–Kier alpha value is -1.08. The lowest BCUT2D eigenvalue weighted by atomic mass is 9.95. The monoisotopic (exact) mass is 297 g/mol. The van der Waals surface area contributed by atoms with Crippen LogP contribution in [0.5, 0.6) is 0 Å². The van der Waals surface area contributed by atoms with E-state index in [2.05, 4.69) is 33.5 Å². The second-order valence-corrected chi connectivity index (χ2v) is 6.30. The molecule has 0 radical (unpaired) electrons. The summed E-state index contributed by atoms with van der Waals surface area (Å²) in [4.78, 5) is 13.1. The lowest BCUT2D eigenvalue weighted by Crippen LogP contribution is -2.39. The van der Waals surface area contributed by atoms with Gasteiger partial charge in [-0.05, 0) is 46.0 Å². The Bertz CT molecular complexity index is 465. The molecule has 1 amide bonds. The highest BCUT2D eigenvalue weighted by molar-refractivity contribution is 7.98. The maximum Gasteiger partial charge on any atom is 0.231 e. The van der Waals surface area contributed by atoms with Gasteiger partial charge in [0.1, 0.15) is 5.82 Å². The van der Waals surface area contributed by atoms with Crippen molar-refractivity contribution in [1.29, 1.82) is 0 Å². The zero-order valence-corrected chi connectivity index (χ0v) is 13.2. The van der Waals surface area contributed by atoms with E-state index in [-0.39, 0.29) is 5.91 Å². The van der Waals surface area contributed by atoms with Crippen molar-refractivity contribution in [3.8, 4) is 0 Å². The minimum atomic E-state index is -0.251. The van der Waals surface area contributed by atoms with Gasteiger partial charge in [-0.3, -0.25) is 9.69 Å². The fourth-order valence-corrected chi connectivity index (χ4v) is 3.38. The van der Waals surface area contributed by atoms with Crippen LogP contribution in [0.15, 0.2) is 5.16 Å². The van der Waals surface area contributed by atoms with Crippen LogP contribution in [0, 0.1) is 0 Å². The Kier molecular flexibility index (Phi) is 5.04. The number of amides is 1. The Morgan fingerprint density at radius 3 is 2.55 bits per heavy atom. The molecule has 1 aliphatic rings. The summed E-state index contributed by atoms with van der Waals surface area (Å²) in [6.45, 7) is 6.48. The van der Waals surface area contributed by atoms with Gasteiger partial charge < -0.3 is 10.3 Å². The highest BCUT2D eigenvalue weighted by atomic mass is 32.2. The van der Waals surface area contributed by atoms with E-state index < -0.39 is 0 Å². The van der Waals surface area contributed by atoms with Gasteiger partial charge in [0.05, 0.1) is 6.54 Å². The second kappa shape index (κ2) is 6.58. The van der Waals surface area contributed by atoms with E-state index in [1.165, 1.54) is 0 Å². The lowest BCUT2D eigenvalue weighted by molar-refractivity contribution is -0.119. The SMILES string of the molecule is CSc1nnc(C2CCN(CC(N)=O)CC2)n1C(C)C. The largest absolute Gasteiger partial charge is 0.369 e. The van der Waals surface area contributed by atoms with E-state index in [1.807, 2.05) is 6.26 Å². The van der Waals surface area contributed by atoms with Gasteiger partial charge in [-0.25, -0.2) is 0 Å². The van der Waals surface area contributed by atoms with Gasteiger partial charge in [0.2, 0.25) is 5.91 Å². The van der Waals surface area contributed by atoms with Gasteiger partial charge in [0.15, 0.2) is 5.16 Å². The summed E-state index contributed by atoms with van der Waals surface area (Å²) < 4.78 is 2.24. The summed E-state index contributed by atoms with van der Waals surface area (Å²) in [6, 6.07) is 0.367. The molecular weight excluding hydrogens is 274 g/mol. The minimum absolute atomic E-state index is 0.251. The predicted octanol–water partition coefficient (Wildman–Crippen LogP) is 1.25. The third-order valence-electron chi connectivity index (χ3n) is 3.72. The number of hydrogen-bond acceptors (Lipinski definition) is 5. The van der Waals surface area contributed by atoms with Crippen LogP contribution in [0.25, 0.3) is 0 Å². The predicted molar refractivity (Wildman–Crippen MR) is 79.8 cm³/mol. The van der Waals surface area contributed by atoms with Gasteiger partial charge in [-0.2, -0.15) is 0 Å². The standard InChI is InChI=1S/C13H23N5OS/c1-9(2)18-12(15-16-13(18)20-3)10-4-6-17(7-5-10)8-11(14)19/h9-10H,4-8H2,1-3H3,(H2,14,19). The number of rotatable bonds is 5. The van der Waals surface area contributed by atoms with Gasteiger partial charge in [-0.15, -0.1) is 10.2 Å². The summed E-state index contributed by atoms with van der Waals surface area (Å²) in [5.74, 6) is 1.26. The first-order valence-corrected chi connectivity index (χ1v) is 8.24. The van der Waals surface area contributed by atoms with Crippen LogP contribution < -0.4 is 5.73 Å². The average molecular weight is 297 g/mol. The van der Waals surface area contributed by atoms with Crippen molar-refractivity contribution in [2.75, 3.05) is 25.9 Å². The van der Waals surface area contributed by atoms with Crippen LogP contribution in [-0.4, -0.2) is 51.5 Å². The van der Waals surface area contributed by atoms with E-state index >= 15 is 0 Å². The van der Waals surface area contributed by atoms with Crippen molar-refractivity contribution in [2.45, 2.75) is 43.8 Å². The van der Waals surface area contributed by atoms with E-state index in [0.29, 0.717) is 18.5 Å². The number of carbonyl (C=O) groups excluding carboxylic acids is 1.